The van der Waals surface area contributed by atoms with E-state index in [1.807, 2.05) is 0 Å². The number of carbonyl (C=O) groups is 2. The van der Waals surface area contributed by atoms with Crippen LogP contribution in [-0.2, 0) is 6.54 Å². The smallest absolute Gasteiger partial charge is 0.270 e. The second-order valence-corrected chi connectivity index (χ2v) is 8.47. The highest BCUT2D eigenvalue weighted by molar-refractivity contribution is 6.30. The molecule has 174 valence electrons. The van der Waals surface area contributed by atoms with Gasteiger partial charge < -0.3 is 0 Å². The van der Waals surface area contributed by atoms with Crippen molar-refractivity contribution >= 4 is 29.5 Å². The molecule has 0 spiro atoms. The van der Waals surface area contributed by atoms with Crippen molar-refractivity contribution in [3.63, 3.8) is 0 Å². The van der Waals surface area contributed by atoms with Crippen molar-refractivity contribution in [2.45, 2.75) is 25.6 Å². The summed E-state index contributed by atoms with van der Waals surface area (Å²) in [6.07, 6.45) is -2.44. The molecule has 2 amide bonds. The van der Waals surface area contributed by atoms with Gasteiger partial charge in [0.1, 0.15) is 5.82 Å². The van der Waals surface area contributed by atoms with Crippen LogP contribution in [0, 0.1) is 12.7 Å². The van der Waals surface area contributed by atoms with Crippen LogP contribution < -0.4 is 0 Å². The topological polar surface area (TPSA) is 37.4 Å². The van der Waals surface area contributed by atoms with Crippen LogP contribution in [0.25, 0.3) is 6.08 Å². The molecule has 0 saturated heterocycles. The minimum atomic E-state index is -4.57. The van der Waals surface area contributed by atoms with Gasteiger partial charge in [0.05, 0.1) is 23.6 Å². The lowest BCUT2D eigenvalue weighted by atomic mass is 9.95. The summed E-state index contributed by atoms with van der Waals surface area (Å²) in [5.74, 6) is -3.70. The minimum Gasteiger partial charge on any atom is -0.270 e. The predicted molar refractivity (Wildman–Crippen MR) is 121 cm³/mol. The first-order valence-corrected chi connectivity index (χ1v) is 10.7. The Morgan fingerprint density at radius 3 is 2.18 bits per heavy atom. The number of imide groups is 1. The van der Waals surface area contributed by atoms with Gasteiger partial charge in [-0.1, -0.05) is 54.1 Å². The molecule has 8 heteroatoms. The molecule has 34 heavy (non-hydrogen) atoms. The van der Waals surface area contributed by atoms with Crippen molar-refractivity contribution in [2.75, 3.05) is 0 Å². The van der Waals surface area contributed by atoms with Crippen LogP contribution in [0.5, 0.6) is 0 Å². The van der Waals surface area contributed by atoms with E-state index in [1.165, 1.54) is 42.5 Å². The molecule has 0 saturated carbocycles. The summed E-state index contributed by atoms with van der Waals surface area (Å²) in [4.78, 5) is 25.9. The van der Waals surface area contributed by atoms with E-state index in [-0.39, 0.29) is 39.4 Å². The highest BCUT2D eigenvalue weighted by Gasteiger charge is 2.39. The third-order valence-electron chi connectivity index (χ3n) is 5.54. The van der Waals surface area contributed by atoms with Gasteiger partial charge in [-0.05, 0) is 53.9 Å². The van der Waals surface area contributed by atoms with Gasteiger partial charge >= 0.3 is 6.18 Å². The van der Waals surface area contributed by atoms with Crippen molar-refractivity contribution < 1.29 is 27.2 Å². The summed E-state index contributed by atoms with van der Waals surface area (Å²) in [5, 5.41) is 0.196. The molecular formula is C26H18ClF4NO2. The zero-order valence-electron chi connectivity index (χ0n) is 17.9. The zero-order valence-corrected chi connectivity index (χ0v) is 18.6. The molecule has 1 aliphatic rings. The zero-order chi connectivity index (χ0) is 24.6. The van der Waals surface area contributed by atoms with Gasteiger partial charge in [0.25, 0.3) is 11.8 Å². The van der Waals surface area contributed by atoms with Crippen LogP contribution in [0.3, 0.4) is 0 Å². The summed E-state index contributed by atoms with van der Waals surface area (Å²) < 4.78 is 55.8. The van der Waals surface area contributed by atoms with Crippen molar-refractivity contribution in [1.29, 1.82) is 0 Å². The number of alkyl halides is 3. The SMILES string of the molecule is Cc1cc(Cl)cc(C(/C=C/c2ccc(CN3C(=O)c4ccccc4C3=O)c(F)c2)C(F)(F)F)c1. The Kier molecular flexibility index (Phi) is 6.32. The number of rotatable bonds is 5. The van der Waals surface area contributed by atoms with E-state index in [4.69, 9.17) is 11.6 Å². The molecule has 0 bridgehead atoms. The van der Waals surface area contributed by atoms with E-state index in [1.54, 1.807) is 25.1 Å². The number of nitrogens with zero attached hydrogens (tertiary/aromatic N) is 1. The van der Waals surface area contributed by atoms with E-state index < -0.39 is 29.7 Å². The number of allylic oxidation sites excluding steroid dienone is 1. The second kappa shape index (κ2) is 9.06. The summed E-state index contributed by atoms with van der Waals surface area (Å²) >= 11 is 5.93. The van der Waals surface area contributed by atoms with Gasteiger partial charge in [-0.15, -0.1) is 0 Å². The number of hydrogen-bond donors (Lipinski definition) is 0. The second-order valence-electron chi connectivity index (χ2n) is 8.03. The molecule has 4 rings (SSSR count). The van der Waals surface area contributed by atoms with Crippen molar-refractivity contribution in [2.24, 2.45) is 0 Å². The maximum atomic E-state index is 14.8. The van der Waals surface area contributed by atoms with E-state index in [2.05, 4.69) is 0 Å². The number of benzene rings is 3. The lowest BCUT2D eigenvalue weighted by molar-refractivity contribution is -0.139. The Morgan fingerprint density at radius 1 is 0.971 bits per heavy atom. The van der Waals surface area contributed by atoms with Crippen molar-refractivity contribution in [1.82, 2.24) is 4.90 Å². The average Bonchev–Trinajstić information content (AvgIpc) is 2.99. The van der Waals surface area contributed by atoms with Crippen molar-refractivity contribution in [3.8, 4) is 0 Å². The molecule has 0 N–H and O–H groups in total. The number of hydrogen-bond acceptors (Lipinski definition) is 2. The Labute approximate surface area is 198 Å². The fourth-order valence-corrected chi connectivity index (χ4v) is 4.21. The number of aryl methyl sites for hydroxylation is 1. The lowest BCUT2D eigenvalue weighted by Crippen LogP contribution is -2.29. The maximum Gasteiger partial charge on any atom is 0.399 e. The number of fused-ring (bicyclic) bond motifs is 1. The van der Waals surface area contributed by atoms with Crippen LogP contribution >= 0.6 is 11.6 Å². The van der Waals surface area contributed by atoms with E-state index in [9.17, 15) is 27.2 Å². The highest BCUT2D eigenvalue weighted by atomic mass is 35.5. The minimum absolute atomic E-state index is 0.0172. The van der Waals surface area contributed by atoms with Gasteiger partial charge in [0, 0.05) is 10.6 Å². The third kappa shape index (κ3) is 4.75. The largest absolute Gasteiger partial charge is 0.399 e. The Morgan fingerprint density at radius 2 is 1.62 bits per heavy atom. The molecule has 1 atom stereocenters. The first-order chi connectivity index (χ1) is 16.0. The first-order valence-electron chi connectivity index (χ1n) is 10.3. The molecule has 1 aliphatic heterocycles. The lowest BCUT2D eigenvalue weighted by Gasteiger charge is -2.18. The molecular weight excluding hydrogens is 470 g/mol. The van der Waals surface area contributed by atoms with Gasteiger partial charge in [0.2, 0.25) is 0 Å². The van der Waals surface area contributed by atoms with Crippen molar-refractivity contribution in [3.05, 3.63) is 111 Å². The summed E-state index contributed by atoms with van der Waals surface area (Å²) in [5.41, 5.74) is 1.36. The molecule has 0 aliphatic carbocycles. The van der Waals surface area contributed by atoms with E-state index in [0.717, 1.165) is 17.0 Å². The standard InChI is InChI=1S/C26H18ClF4NO2/c1-15-10-18(13-19(27)11-15)22(26(29,30)31)9-7-16-6-8-17(23(28)12-16)14-32-24(33)20-4-2-3-5-21(20)25(32)34/h2-13,22H,14H2,1H3/b9-7+. The quantitative estimate of drug-likeness (QED) is 0.289. The van der Waals surface area contributed by atoms with E-state index >= 15 is 0 Å². The predicted octanol–water partition coefficient (Wildman–Crippen LogP) is 6.94. The van der Waals surface area contributed by atoms with Gasteiger partial charge in [0.15, 0.2) is 0 Å². The molecule has 1 heterocycles. The summed E-state index contributed by atoms with van der Waals surface area (Å²) in [6.45, 7) is 1.37. The van der Waals surface area contributed by atoms with Crippen LogP contribution in [0.2, 0.25) is 5.02 Å². The third-order valence-corrected chi connectivity index (χ3v) is 5.76. The molecule has 3 aromatic carbocycles. The van der Waals surface area contributed by atoms with Gasteiger partial charge in [-0.2, -0.15) is 13.2 Å². The number of carbonyl (C=O) groups excluding carboxylic acids is 2. The average molecular weight is 488 g/mol. The molecule has 0 aromatic heterocycles. The Balaban J connectivity index is 1.56. The molecule has 0 radical (unpaired) electrons. The van der Waals surface area contributed by atoms with Crippen LogP contribution in [0.15, 0.2) is 66.7 Å². The maximum absolute atomic E-state index is 14.8. The highest BCUT2D eigenvalue weighted by Crippen LogP contribution is 2.38. The van der Waals surface area contributed by atoms with E-state index in [0.29, 0.717) is 5.56 Å². The molecule has 3 aromatic rings. The summed E-state index contributed by atoms with van der Waals surface area (Å²) in [7, 11) is 0. The molecule has 3 nitrogen and oxygen atoms in total. The first kappa shape index (κ1) is 23.7. The molecule has 1 unspecified atom stereocenters. The van der Waals surface area contributed by atoms with Gasteiger partial charge in [-0.3, -0.25) is 14.5 Å². The van der Waals surface area contributed by atoms with Crippen LogP contribution in [0.4, 0.5) is 17.6 Å². The van der Waals surface area contributed by atoms with Crippen LogP contribution in [-0.4, -0.2) is 22.9 Å². The normalized spacial score (nSPS) is 14.7. The van der Waals surface area contributed by atoms with Gasteiger partial charge in [-0.25, -0.2) is 4.39 Å². The fourth-order valence-electron chi connectivity index (χ4n) is 3.91. The fraction of sp³-hybridized carbons (Fsp3) is 0.154. The Bertz CT molecular complexity index is 1260. The number of amides is 2. The Hall–Kier alpha value is -3.45. The summed E-state index contributed by atoms with van der Waals surface area (Å²) in [6, 6.07) is 14.4. The molecule has 0 fully saturated rings. The monoisotopic (exact) mass is 487 g/mol. The number of halogens is 5. The van der Waals surface area contributed by atoms with Crippen LogP contribution in [0.1, 0.15) is 48.9 Å².